The predicted molar refractivity (Wildman–Crippen MR) is 98.7 cm³/mol. The average molecular weight is 372 g/mol. The van der Waals surface area contributed by atoms with Gasteiger partial charge in [-0.2, -0.15) is 0 Å². The summed E-state index contributed by atoms with van der Waals surface area (Å²) in [6, 6.07) is 1.86. The second-order valence-electron chi connectivity index (χ2n) is 6.51. The largest absolute Gasteiger partial charge is 0.465 e. The Labute approximate surface area is 154 Å². The lowest BCUT2D eigenvalue weighted by molar-refractivity contribution is 0.0600. The van der Waals surface area contributed by atoms with E-state index in [2.05, 4.69) is 9.97 Å². The van der Waals surface area contributed by atoms with Crippen molar-refractivity contribution in [3.63, 3.8) is 0 Å². The van der Waals surface area contributed by atoms with Gasteiger partial charge in [0.2, 0.25) is 0 Å². The molecular formula is C18H20N4O3S. The van der Waals surface area contributed by atoms with Crippen LogP contribution in [-0.2, 0) is 11.3 Å². The van der Waals surface area contributed by atoms with E-state index in [-0.39, 0.29) is 11.7 Å². The molecule has 8 heteroatoms. The molecule has 0 bridgehead atoms. The van der Waals surface area contributed by atoms with Crippen LogP contribution in [0.3, 0.4) is 0 Å². The van der Waals surface area contributed by atoms with Gasteiger partial charge in [-0.05, 0) is 18.9 Å². The first-order valence-electron chi connectivity index (χ1n) is 8.76. The van der Waals surface area contributed by atoms with Crippen LogP contribution in [0.4, 0.5) is 0 Å². The number of rotatable bonds is 4. The highest BCUT2D eigenvalue weighted by molar-refractivity contribution is 7.09. The normalized spacial score (nSPS) is 15.4. The van der Waals surface area contributed by atoms with Crippen molar-refractivity contribution < 1.29 is 9.53 Å². The maximum absolute atomic E-state index is 13.2. The number of imidazole rings is 1. The van der Waals surface area contributed by atoms with Gasteiger partial charge in [0, 0.05) is 23.8 Å². The standard InChI is InChI=1S/C18H20N4O3S/c1-25-17(23)12-9-14-16(20-10-12)22(13-5-3-2-4-6-13)18(24)21(14)11-15-19-7-8-26-15/h7-10,13H,2-6,11H2,1H3. The monoisotopic (exact) mass is 372 g/mol. The minimum absolute atomic E-state index is 0.0865. The fraction of sp³-hybridized carbons (Fsp3) is 0.444. The highest BCUT2D eigenvalue weighted by Crippen LogP contribution is 2.29. The summed E-state index contributed by atoms with van der Waals surface area (Å²) in [4.78, 5) is 33.9. The van der Waals surface area contributed by atoms with Gasteiger partial charge >= 0.3 is 11.7 Å². The van der Waals surface area contributed by atoms with E-state index < -0.39 is 5.97 Å². The first kappa shape index (κ1) is 17.0. The fourth-order valence-electron chi connectivity index (χ4n) is 3.67. The summed E-state index contributed by atoms with van der Waals surface area (Å²) in [5, 5.41) is 2.73. The predicted octanol–water partition coefficient (Wildman–Crippen LogP) is 2.99. The molecule has 3 aromatic heterocycles. The van der Waals surface area contributed by atoms with Crippen LogP contribution in [0.25, 0.3) is 11.2 Å². The van der Waals surface area contributed by atoms with Crippen LogP contribution >= 0.6 is 11.3 Å². The zero-order valence-electron chi connectivity index (χ0n) is 14.6. The summed E-state index contributed by atoms with van der Waals surface area (Å²) in [6.07, 6.45) is 8.63. The molecule has 1 fully saturated rings. The van der Waals surface area contributed by atoms with Crippen LogP contribution in [0.15, 0.2) is 28.6 Å². The van der Waals surface area contributed by atoms with Crippen molar-refractivity contribution in [1.29, 1.82) is 0 Å². The highest BCUT2D eigenvalue weighted by atomic mass is 32.1. The van der Waals surface area contributed by atoms with Gasteiger partial charge in [-0.3, -0.25) is 9.13 Å². The molecule has 1 aliphatic rings. The third-order valence-corrected chi connectivity index (χ3v) is 5.71. The number of nitrogens with zero attached hydrogens (tertiary/aromatic N) is 4. The van der Waals surface area contributed by atoms with Gasteiger partial charge in [0.15, 0.2) is 5.65 Å². The Kier molecular flexibility index (Phi) is 4.58. The van der Waals surface area contributed by atoms with Gasteiger partial charge < -0.3 is 4.74 Å². The van der Waals surface area contributed by atoms with E-state index in [1.54, 1.807) is 16.8 Å². The number of carbonyl (C=O) groups excluding carboxylic acids is 1. The number of pyridine rings is 1. The summed E-state index contributed by atoms with van der Waals surface area (Å²) >= 11 is 1.50. The second-order valence-corrected chi connectivity index (χ2v) is 7.49. The lowest BCUT2D eigenvalue weighted by atomic mass is 9.95. The summed E-state index contributed by atoms with van der Waals surface area (Å²) in [7, 11) is 1.34. The Morgan fingerprint density at radius 2 is 2.12 bits per heavy atom. The van der Waals surface area contributed by atoms with Crippen molar-refractivity contribution >= 4 is 28.5 Å². The molecule has 0 aliphatic heterocycles. The summed E-state index contributed by atoms with van der Waals surface area (Å²) in [6.45, 7) is 0.374. The Morgan fingerprint density at radius 3 is 2.81 bits per heavy atom. The van der Waals surface area contributed by atoms with Crippen molar-refractivity contribution in [1.82, 2.24) is 19.1 Å². The summed E-state index contributed by atoms with van der Waals surface area (Å²) < 4.78 is 8.28. The van der Waals surface area contributed by atoms with E-state index in [0.717, 1.165) is 30.7 Å². The molecule has 1 saturated carbocycles. The Hall–Kier alpha value is -2.48. The molecule has 0 unspecified atom stereocenters. The number of hydrogen-bond acceptors (Lipinski definition) is 6. The van der Waals surface area contributed by atoms with Crippen LogP contribution in [0.5, 0.6) is 0 Å². The van der Waals surface area contributed by atoms with Crippen molar-refractivity contribution in [2.45, 2.75) is 44.7 Å². The molecule has 7 nitrogen and oxygen atoms in total. The molecule has 0 saturated heterocycles. The smallest absolute Gasteiger partial charge is 0.339 e. The summed E-state index contributed by atoms with van der Waals surface area (Å²) in [5.41, 5.74) is 1.54. The molecule has 0 amide bonds. The van der Waals surface area contributed by atoms with Gasteiger partial charge in [0.05, 0.1) is 24.7 Å². The molecule has 136 valence electrons. The van der Waals surface area contributed by atoms with Crippen LogP contribution in [0, 0.1) is 0 Å². The highest BCUT2D eigenvalue weighted by Gasteiger charge is 2.24. The molecule has 3 aromatic rings. The van der Waals surface area contributed by atoms with E-state index in [9.17, 15) is 9.59 Å². The van der Waals surface area contributed by atoms with E-state index in [4.69, 9.17) is 4.74 Å². The maximum Gasteiger partial charge on any atom is 0.339 e. The van der Waals surface area contributed by atoms with Crippen LogP contribution in [0.1, 0.15) is 53.5 Å². The Balaban J connectivity index is 1.89. The van der Waals surface area contributed by atoms with Crippen molar-refractivity contribution in [2.75, 3.05) is 7.11 Å². The SMILES string of the molecule is COC(=O)c1cnc2c(c1)n(Cc1nccs1)c(=O)n2C1CCCCC1. The molecule has 0 spiro atoms. The van der Waals surface area contributed by atoms with E-state index in [0.29, 0.717) is 23.3 Å². The minimum atomic E-state index is -0.460. The molecule has 26 heavy (non-hydrogen) atoms. The molecule has 3 heterocycles. The third-order valence-electron chi connectivity index (χ3n) is 4.94. The van der Waals surface area contributed by atoms with Crippen LogP contribution in [-0.4, -0.2) is 32.2 Å². The number of esters is 1. The fourth-order valence-corrected chi connectivity index (χ4v) is 4.27. The topological polar surface area (TPSA) is 79.0 Å². The van der Waals surface area contributed by atoms with Gasteiger partial charge in [0.25, 0.3) is 0 Å². The molecule has 4 rings (SSSR count). The number of thiazole rings is 1. The van der Waals surface area contributed by atoms with Gasteiger partial charge in [-0.1, -0.05) is 19.3 Å². The number of hydrogen-bond donors (Lipinski definition) is 0. The number of fused-ring (bicyclic) bond motifs is 1. The van der Waals surface area contributed by atoms with Crippen LogP contribution < -0.4 is 5.69 Å². The average Bonchev–Trinajstić information content (AvgIpc) is 3.28. The molecule has 0 N–H and O–H groups in total. The number of aromatic nitrogens is 4. The Morgan fingerprint density at radius 1 is 1.31 bits per heavy atom. The van der Waals surface area contributed by atoms with Gasteiger partial charge in [0.1, 0.15) is 5.01 Å². The summed E-state index contributed by atoms with van der Waals surface area (Å²) in [5.74, 6) is -0.460. The van der Waals surface area contributed by atoms with E-state index in [1.165, 1.54) is 31.1 Å². The van der Waals surface area contributed by atoms with E-state index >= 15 is 0 Å². The van der Waals surface area contributed by atoms with Crippen molar-refractivity contribution in [3.05, 3.63) is 44.9 Å². The molecular weight excluding hydrogens is 352 g/mol. The lowest BCUT2D eigenvalue weighted by Gasteiger charge is -2.22. The minimum Gasteiger partial charge on any atom is -0.465 e. The van der Waals surface area contributed by atoms with Crippen molar-refractivity contribution in [3.8, 4) is 0 Å². The van der Waals surface area contributed by atoms with E-state index in [1.807, 2.05) is 9.95 Å². The van der Waals surface area contributed by atoms with Gasteiger partial charge in [-0.15, -0.1) is 11.3 Å². The third kappa shape index (κ3) is 2.94. The first-order chi connectivity index (χ1) is 12.7. The quantitative estimate of drug-likeness (QED) is 0.658. The second kappa shape index (κ2) is 7.03. The Bertz CT molecular complexity index is 984. The zero-order chi connectivity index (χ0) is 18.1. The van der Waals surface area contributed by atoms with Crippen molar-refractivity contribution in [2.24, 2.45) is 0 Å². The number of carbonyl (C=O) groups is 1. The first-order valence-corrected chi connectivity index (χ1v) is 9.64. The molecule has 0 aromatic carbocycles. The molecule has 1 aliphatic carbocycles. The maximum atomic E-state index is 13.2. The molecule has 0 radical (unpaired) electrons. The lowest BCUT2D eigenvalue weighted by Crippen LogP contribution is -2.29. The molecule has 0 atom stereocenters. The zero-order valence-corrected chi connectivity index (χ0v) is 15.4. The number of ether oxygens (including phenoxy) is 1. The van der Waals surface area contributed by atoms with Crippen LogP contribution in [0.2, 0.25) is 0 Å². The van der Waals surface area contributed by atoms with Gasteiger partial charge in [-0.25, -0.2) is 19.6 Å². The number of methoxy groups -OCH3 is 1.